The van der Waals surface area contributed by atoms with Gasteiger partial charge in [0.05, 0.1) is 0 Å². The summed E-state index contributed by atoms with van der Waals surface area (Å²) in [6.45, 7) is 5.22. The maximum absolute atomic E-state index is 3.45. The highest BCUT2D eigenvalue weighted by atomic mass is 14.9. The van der Waals surface area contributed by atoms with Crippen molar-refractivity contribution >= 4 is 5.69 Å². The van der Waals surface area contributed by atoms with E-state index in [1.165, 1.54) is 35.2 Å². The second kappa shape index (κ2) is 6.25. The fourth-order valence-electron chi connectivity index (χ4n) is 2.07. The molecule has 0 saturated heterocycles. The van der Waals surface area contributed by atoms with Gasteiger partial charge in [-0.1, -0.05) is 49.7 Å². The molecule has 1 N–H and O–H groups in total. The van der Waals surface area contributed by atoms with Gasteiger partial charge in [0.25, 0.3) is 0 Å². The lowest BCUT2D eigenvalue weighted by Crippen LogP contribution is -1.99. The van der Waals surface area contributed by atoms with Crippen LogP contribution >= 0.6 is 0 Å². The van der Waals surface area contributed by atoms with Crippen LogP contribution in [0.25, 0.3) is 0 Å². The highest BCUT2D eigenvalue weighted by Crippen LogP contribution is 2.12. The van der Waals surface area contributed by atoms with Crippen LogP contribution in [0.1, 0.15) is 30.0 Å². The summed E-state index contributed by atoms with van der Waals surface area (Å²) in [5.74, 6) is 0. The number of benzene rings is 2. The highest BCUT2D eigenvalue weighted by molar-refractivity contribution is 5.45. The van der Waals surface area contributed by atoms with Crippen LogP contribution in [0.4, 0.5) is 5.69 Å². The third-order valence-corrected chi connectivity index (χ3v) is 3.08. The summed E-state index contributed by atoms with van der Waals surface area (Å²) < 4.78 is 0. The zero-order chi connectivity index (χ0) is 12.8. The van der Waals surface area contributed by atoms with Crippen molar-refractivity contribution in [1.82, 2.24) is 0 Å². The maximum Gasteiger partial charge on any atom is 0.0400 e. The van der Waals surface area contributed by atoms with Crippen molar-refractivity contribution in [2.24, 2.45) is 0 Å². The summed E-state index contributed by atoms with van der Waals surface area (Å²) in [4.78, 5) is 0. The van der Waals surface area contributed by atoms with Gasteiger partial charge in [0.1, 0.15) is 0 Å². The van der Waals surface area contributed by atoms with Crippen LogP contribution in [-0.4, -0.2) is 0 Å². The van der Waals surface area contributed by atoms with Crippen LogP contribution in [-0.2, 0) is 13.0 Å². The van der Waals surface area contributed by atoms with Gasteiger partial charge in [0, 0.05) is 12.2 Å². The summed E-state index contributed by atoms with van der Waals surface area (Å²) in [6.07, 6.45) is 2.38. The molecule has 0 atom stereocenters. The Kier molecular flexibility index (Phi) is 4.40. The van der Waals surface area contributed by atoms with Crippen LogP contribution in [0, 0.1) is 6.92 Å². The van der Waals surface area contributed by atoms with Crippen molar-refractivity contribution in [3.05, 3.63) is 65.2 Å². The number of aryl methyl sites for hydroxylation is 2. The molecule has 0 aliphatic rings. The fourth-order valence-corrected chi connectivity index (χ4v) is 2.07. The molecule has 0 spiro atoms. The third kappa shape index (κ3) is 3.63. The Labute approximate surface area is 110 Å². The van der Waals surface area contributed by atoms with E-state index in [1.54, 1.807) is 0 Å². The zero-order valence-electron chi connectivity index (χ0n) is 11.2. The predicted molar refractivity (Wildman–Crippen MR) is 78.9 cm³/mol. The molecule has 0 aromatic heterocycles. The number of hydrogen-bond donors (Lipinski definition) is 1. The molecule has 0 aliphatic carbocycles. The average Bonchev–Trinajstić information content (AvgIpc) is 2.38. The molecule has 0 radical (unpaired) electrons. The topological polar surface area (TPSA) is 12.0 Å². The molecule has 2 aromatic rings. The predicted octanol–water partition coefficient (Wildman–Crippen LogP) is 4.56. The van der Waals surface area contributed by atoms with E-state index in [4.69, 9.17) is 0 Å². The molecular weight excluding hydrogens is 218 g/mol. The lowest BCUT2D eigenvalue weighted by atomic mass is 10.1. The maximum atomic E-state index is 3.45. The summed E-state index contributed by atoms with van der Waals surface area (Å²) in [6, 6.07) is 17.4. The molecule has 18 heavy (non-hydrogen) atoms. The Morgan fingerprint density at radius 3 is 2.33 bits per heavy atom. The number of nitrogens with one attached hydrogen (secondary N) is 1. The molecule has 1 nitrogen and oxygen atoms in total. The second-order valence-corrected chi connectivity index (χ2v) is 4.79. The van der Waals surface area contributed by atoms with Crippen molar-refractivity contribution in [3.8, 4) is 0 Å². The Hall–Kier alpha value is -1.76. The lowest BCUT2D eigenvalue weighted by molar-refractivity contribution is 0.920. The monoisotopic (exact) mass is 239 g/mol. The van der Waals surface area contributed by atoms with Crippen molar-refractivity contribution < 1.29 is 0 Å². The quantitative estimate of drug-likeness (QED) is 0.806. The van der Waals surface area contributed by atoms with Crippen LogP contribution < -0.4 is 5.32 Å². The van der Waals surface area contributed by atoms with Crippen LogP contribution in [0.5, 0.6) is 0 Å². The summed E-state index contributed by atoms with van der Waals surface area (Å²) in [7, 11) is 0. The van der Waals surface area contributed by atoms with Gasteiger partial charge in [0.15, 0.2) is 0 Å². The van der Waals surface area contributed by atoms with E-state index in [0.717, 1.165) is 6.54 Å². The molecule has 0 amide bonds. The summed E-state index contributed by atoms with van der Waals surface area (Å²) in [5, 5.41) is 3.45. The fraction of sp³-hybridized carbons (Fsp3) is 0.294. The van der Waals surface area contributed by atoms with Gasteiger partial charge >= 0.3 is 0 Å². The molecule has 0 unspecified atom stereocenters. The summed E-state index contributed by atoms with van der Waals surface area (Å²) in [5.41, 5.74) is 5.24. The molecule has 94 valence electrons. The van der Waals surface area contributed by atoms with E-state index in [-0.39, 0.29) is 0 Å². The molecule has 0 fully saturated rings. The Balaban J connectivity index is 1.93. The normalized spacial score (nSPS) is 10.3. The standard InChI is InChI=1S/C17H21N/c1-3-5-15-8-10-16(11-9-15)13-18-17-7-4-6-14(2)12-17/h4,6-12,18H,3,5,13H2,1-2H3. The first kappa shape index (κ1) is 12.7. The molecule has 2 rings (SSSR count). The number of anilines is 1. The van der Waals surface area contributed by atoms with Gasteiger partial charge in [-0.2, -0.15) is 0 Å². The Morgan fingerprint density at radius 2 is 1.67 bits per heavy atom. The van der Waals surface area contributed by atoms with Gasteiger partial charge in [-0.05, 0) is 42.2 Å². The molecule has 0 bridgehead atoms. The van der Waals surface area contributed by atoms with E-state index >= 15 is 0 Å². The zero-order valence-corrected chi connectivity index (χ0v) is 11.2. The minimum Gasteiger partial charge on any atom is -0.381 e. The van der Waals surface area contributed by atoms with Gasteiger partial charge in [0.2, 0.25) is 0 Å². The van der Waals surface area contributed by atoms with E-state index in [9.17, 15) is 0 Å². The van der Waals surface area contributed by atoms with Gasteiger partial charge in [-0.25, -0.2) is 0 Å². The second-order valence-electron chi connectivity index (χ2n) is 4.79. The van der Waals surface area contributed by atoms with E-state index < -0.39 is 0 Å². The van der Waals surface area contributed by atoms with E-state index in [0.29, 0.717) is 0 Å². The first-order chi connectivity index (χ1) is 8.78. The number of rotatable bonds is 5. The first-order valence-electron chi connectivity index (χ1n) is 6.66. The van der Waals surface area contributed by atoms with Gasteiger partial charge < -0.3 is 5.32 Å². The average molecular weight is 239 g/mol. The van der Waals surface area contributed by atoms with E-state index in [2.05, 4.69) is 67.7 Å². The SMILES string of the molecule is CCCc1ccc(CNc2cccc(C)c2)cc1. The molecule has 0 heterocycles. The molecule has 1 heteroatoms. The Bertz CT molecular complexity index is 485. The van der Waals surface area contributed by atoms with Crippen molar-refractivity contribution in [2.75, 3.05) is 5.32 Å². The van der Waals surface area contributed by atoms with Crippen molar-refractivity contribution in [1.29, 1.82) is 0 Å². The Morgan fingerprint density at radius 1 is 0.944 bits per heavy atom. The molecule has 0 saturated carbocycles. The van der Waals surface area contributed by atoms with Gasteiger partial charge in [-0.3, -0.25) is 0 Å². The van der Waals surface area contributed by atoms with Crippen LogP contribution in [0.15, 0.2) is 48.5 Å². The molecular formula is C17H21N. The minimum absolute atomic E-state index is 0.885. The highest BCUT2D eigenvalue weighted by Gasteiger charge is 1.96. The van der Waals surface area contributed by atoms with Crippen molar-refractivity contribution in [2.45, 2.75) is 33.2 Å². The van der Waals surface area contributed by atoms with Crippen LogP contribution in [0.3, 0.4) is 0 Å². The van der Waals surface area contributed by atoms with E-state index in [1.807, 2.05) is 0 Å². The first-order valence-corrected chi connectivity index (χ1v) is 6.66. The number of hydrogen-bond acceptors (Lipinski definition) is 1. The van der Waals surface area contributed by atoms with Crippen LogP contribution in [0.2, 0.25) is 0 Å². The minimum atomic E-state index is 0.885. The lowest BCUT2D eigenvalue weighted by Gasteiger charge is -2.08. The smallest absolute Gasteiger partial charge is 0.0400 e. The third-order valence-electron chi connectivity index (χ3n) is 3.08. The molecule has 0 aliphatic heterocycles. The largest absolute Gasteiger partial charge is 0.381 e. The van der Waals surface area contributed by atoms with Crippen molar-refractivity contribution in [3.63, 3.8) is 0 Å². The summed E-state index contributed by atoms with van der Waals surface area (Å²) >= 11 is 0. The van der Waals surface area contributed by atoms with Gasteiger partial charge in [-0.15, -0.1) is 0 Å². The molecule has 2 aromatic carbocycles.